The van der Waals surface area contributed by atoms with Crippen molar-refractivity contribution < 1.29 is 12.6 Å². The van der Waals surface area contributed by atoms with Gasteiger partial charge < -0.3 is 4.90 Å². The van der Waals surface area contributed by atoms with Crippen molar-refractivity contribution in [1.29, 1.82) is 0 Å². The lowest BCUT2D eigenvalue weighted by molar-refractivity contribution is 0.228. The van der Waals surface area contributed by atoms with E-state index in [2.05, 4.69) is 33.0 Å². The highest BCUT2D eigenvalue weighted by Crippen LogP contribution is 2.25. The summed E-state index contributed by atoms with van der Waals surface area (Å²) >= 11 is 3.45. The maximum atomic E-state index is 12.2. The molecular formula is C18H20BrNO3S. The Hall–Kier alpha value is -1.37. The lowest BCUT2D eigenvalue weighted by Gasteiger charge is -2.33. The van der Waals surface area contributed by atoms with E-state index in [1.807, 2.05) is 12.1 Å². The molecule has 0 atom stereocenters. The van der Waals surface area contributed by atoms with Crippen LogP contribution < -0.4 is 4.90 Å². The molecule has 0 saturated carbocycles. The highest BCUT2D eigenvalue weighted by molar-refractivity contribution is 9.10. The predicted octanol–water partition coefficient (Wildman–Crippen LogP) is 4.07. The van der Waals surface area contributed by atoms with Crippen LogP contribution in [0, 0.1) is 5.92 Å². The lowest BCUT2D eigenvalue weighted by atomic mass is 9.97. The summed E-state index contributed by atoms with van der Waals surface area (Å²) in [6.45, 7) is 2.09. The fourth-order valence-electron chi connectivity index (χ4n) is 2.85. The third kappa shape index (κ3) is 4.37. The van der Waals surface area contributed by atoms with Crippen molar-refractivity contribution in [2.24, 2.45) is 5.92 Å². The summed E-state index contributed by atoms with van der Waals surface area (Å²) in [6, 6.07) is 16.6. The number of piperidine rings is 1. The molecule has 0 radical (unpaired) electrons. The number of anilines is 1. The summed E-state index contributed by atoms with van der Waals surface area (Å²) < 4.78 is 30.6. The van der Waals surface area contributed by atoms with E-state index >= 15 is 0 Å². The van der Waals surface area contributed by atoms with E-state index in [1.165, 1.54) is 5.69 Å². The molecule has 4 nitrogen and oxygen atoms in total. The molecule has 2 aromatic carbocycles. The summed E-state index contributed by atoms with van der Waals surface area (Å²) in [6.07, 6.45) is 1.86. The molecule has 0 spiro atoms. The molecule has 1 fully saturated rings. The highest BCUT2D eigenvalue weighted by atomic mass is 79.9. The minimum atomic E-state index is -3.65. The Balaban J connectivity index is 1.51. The monoisotopic (exact) mass is 409 g/mol. The number of halogens is 1. The molecule has 1 heterocycles. The topological polar surface area (TPSA) is 46.6 Å². The van der Waals surface area contributed by atoms with Crippen LogP contribution in [0.3, 0.4) is 0 Å². The first-order chi connectivity index (χ1) is 11.5. The molecule has 6 heteroatoms. The van der Waals surface area contributed by atoms with Crippen LogP contribution in [0.5, 0.6) is 0 Å². The van der Waals surface area contributed by atoms with Crippen molar-refractivity contribution in [3.63, 3.8) is 0 Å². The molecule has 0 N–H and O–H groups in total. The Morgan fingerprint density at radius 1 is 1.00 bits per heavy atom. The fraction of sp³-hybridized carbons (Fsp3) is 0.333. The molecule has 0 bridgehead atoms. The number of hydrogen-bond donors (Lipinski definition) is 0. The van der Waals surface area contributed by atoms with E-state index in [0.29, 0.717) is 0 Å². The van der Waals surface area contributed by atoms with Gasteiger partial charge in [-0.3, -0.25) is 4.18 Å². The van der Waals surface area contributed by atoms with Gasteiger partial charge in [0, 0.05) is 23.2 Å². The van der Waals surface area contributed by atoms with Crippen molar-refractivity contribution in [1.82, 2.24) is 0 Å². The number of benzene rings is 2. The maximum Gasteiger partial charge on any atom is 0.296 e. The van der Waals surface area contributed by atoms with Gasteiger partial charge >= 0.3 is 0 Å². The van der Waals surface area contributed by atoms with Crippen LogP contribution in [0.1, 0.15) is 12.8 Å². The SMILES string of the molecule is O=S(=O)(OCC1CCN(c2ccc(Br)cc2)CC1)c1ccccc1. The van der Waals surface area contributed by atoms with Crippen LogP contribution in [0.4, 0.5) is 5.69 Å². The second-order valence-corrected chi connectivity index (χ2v) is 8.49. The van der Waals surface area contributed by atoms with Gasteiger partial charge in [0.25, 0.3) is 10.1 Å². The van der Waals surface area contributed by atoms with E-state index in [0.717, 1.165) is 30.4 Å². The van der Waals surface area contributed by atoms with Crippen molar-refractivity contribution in [3.05, 3.63) is 59.1 Å². The van der Waals surface area contributed by atoms with E-state index < -0.39 is 10.1 Å². The Morgan fingerprint density at radius 2 is 1.62 bits per heavy atom. The second-order valence-electron chi connectivity index (χ2n) is 5.96. The van der Waals surface area contributed by atoms with Gasteiger partial charge in [0.2, 0.25) is 0 Å². The summed E-state index contributed by atoms with van der Waals surface area (Å²) in [5.41, 5.74) is 1.20. The van der Waals surface area contributed by atoms with Crippen LogP contribution in [-0.4, -0.2) is 28.1 Å². The zero-order valence-electron chi connectivity index (χ0n) is 13.3. The zero-order chi connectivity index (χ0) is 17.0. The van der Waals surface area contributed by atoms with Crippen molar-refractivity contribution in [2.45, 2.75) is 17.7 Å². The molecule has 0 unspecified atom stereocenters. The van der Waals surface area contributed by atoms with E-state index in [1.54, 1.807) is 30.3 Å². The van der Waals surface area contributed by atoms with Gasteiger partial charge in [-0.25, -0.2) is 0 Å². The third-order valence-corrected chi connectivity index (χ3v) is 6.12. The molecule has 3 rings (SSSR count). The molecule has 1 saturated heterocycles. The minimum Gasteiger partial charge on any atom is -0.372 e. The van der Waals surface area contributed by atoms with Crippen LogP contribution in [-0.2, 0) is 14.3 Å². The molecule has 2 aromatic rings. The minimum absolute atomic E-state index is 0.220. The Kier molecular flexibility index (Phi) is 5.58. The van der Waals surface area contributed by atoms with Gasteiger partial charge in [-0.05, 0) is 55.2 Å². The molecule has 0 amide bonds. The van der Waals surface area contributed by atoms with Crippen LogP contribution >= 0.6 is 15.9 Å². The molecule has 0 aromatic heterocycles. The van der Waals surface area contributed by atoms with Gasteiger partial charge in [0.15, 0.2) is 0 Å². The van der Waals surface area contributed by atoms with Gasteiger partial charge in [0.05, 0.1) is 11.5 Å². The largest absolute Gasteiger partial charge is 0.372 e. The quantitative estimate of drug-likeness (QED) is 0.698. The number of hydrogen-bond acceptors (Lipinski definition) is 4. The molecule has 1 aliphatic rings. The molecule has 24 heavy (non-hydrogen) atoms. The van der Waals surface area contributed by atoms with Crippen LogP contribution in [0.2, 0.25) is 0 Å². The Labute approximate surface area is 151 Å². The van der Waals surface area contributed by atoms with Gasteiger partial charge in [0.1, 0.15) is 0 Å². The Morgan fingerprint density at radius 3 is 2.25 bits per heavy atom. The molecule has 0 aliphatic carbocycles. The van der Waals surface area contributed by atoms with Crippen molar-refractivity contribution in [2.75, 3.05) is 24.6 Å². The first-order valence-electron chi connectivity index (χ1n) is 7.99. The van der Waals surface area contributed by atoms with Crippen LogP contribution in [0.25, 0.3) is 0 Å². The average molecular weight is 410 g/mol. The van der Waals surface area contributed by atoms with Crippen molar-refractivity contribution in [3.8, 4) is 0 Å². The van der Waals surface area contributed by atoms with Crippen LogP contribution in [0.15, 0.2) is 64.0 Å². The number of nitrogens with zero attached hydrogens (tertiary/aromatic N) is 1. The second kappa shape index (κ2) is 7.68. The highest BCUT2D eigenvalue weighted by Gasteiger charge is 2.23. The first kappa shape index (κ1) is 17.5. The van der Waals surface area contributed by atoms with Gasteiger partial charge in [-0.1, -0.05) is 34.1 Å². The first-order valence-corrected chi connectivity index (χ1v) is 10.2. The Bertz CT molecular complexity index is 755. The normalized spacial score (nSPS) is 16.3. The summed E-state index contributed by atoms with van der Waals surface area (Å²) in [4.78, 5) is 2.55. The van der Waals surface area contributed by atoms with E-state index in [4.69, 9.17) is 4.18 Å². The van der Waals surface area contributed by atoms with E-state index in [9.17, 15) is 8.42 Å². The fourth-order valence-corrected chi connectivity index (χ4v) is 4.11. The molecule has 1 aliphatic heterocycles. The number of rotatable bonds is 5. The zero-order valence-corrected chi connectivity index (χ0v) is 15.7. The summed E-state index contributed by atoms with van der Waals surface area (Å²) in [5, 5.41) is 0. The van der Waals surface area contributed by atoms with Gasteiger partial charge in [-0.15, -0.1) is 0 Å². The molecular weight excluding hydrogens is 390 g/mol. The predicted molar refractivity (Wildman–Crippen MR) is 98.7 cm³/mol. The smallest absolute Gasteiger partial charge is 0.296 e. The van der Waals surface area contributed by atoms with Crippen molar-refractivity contribution >= 4 is 31.7 Å². The summed E-state index contributed by atoms with van der Waals surface area (Å²) in [5.74, 6) is 0.273. The molecule has 128 valence electrons. The van der Waals surface area contributed by atoms with Gasteiger partial charge in [-0.2, -0.15) is 8.42 Å². The maximum absolute atomic E-state index is 12.2. The lowest BCUT2D eigenvalue weighted by Crippen LogP contribution is -2.35. The summed E-state index contributed by atoms with van der Waals surface area (Å²) in [7, 11) is -3.65. The standard InChI is InChI=1S/C18H20BrNO3S/c19-16-6-8-17(9-7-16)20-12-10-15(11-13-20)14-23-24(21,22)18-4-2-1-3-5-18/h1-9,15H,10-14H2. The van der Waals surface area contributed by atoms with E-state index in [-0.39, 0.29) is 17.4 Å². The average Bonchev–Trinajstić information content (AvgIpc) is 2.62. The third-order valence-electron chi connectivity index (χ3n) is 4.30.